The lowest BCUT2D eigenvalue weighted by Crippen LogP contribution is -2.15. The average Bonchev–Trinajstić information content (AvgIpc) is 3.76. The lowest BCUT2D eigenvalue weighted by atomic mass is 9.79. The molecule has 0 spiro atoms. The van der Waals surface area contributed by atoms with Gasteiger partial charge in [0.05, 0.1) is 0 Å². The molecule has 8 aromatic carbocycles. The van der Waals surface area contributed by atoms with Gasteiger partial charge in [-0.05, 0) is 68.1 Å². The molecular formula is C52H35N3S. The third kappa shape index (κ3) is 5.14. The number of benzene rings is 8. The summed E-state index contributed by atoms with van der Waals surface area (Å²) in [6.45, 7) is 4.77. The minimum atomic E-state index is -0.163. The normalized spacial score (nSPS) is 13.0. The van der Waals surface area contributed by atoms with E-state index in [0.29, 0.717) is 17.5 Å². The Morgan fingerprint density at radius 2 is 0.875 bits per heavy atom. The summed E-state index contributed by atoms with van der Waals surface area (Å²) < 4.78 is 2.60. The van der Waals surface area contributed by atoms with Gasteiger partial charge >= 0.3 is 0 Å². The molecule has 0 bridgehead atoms. The quantitative estimate of drug-likeness (QED) is 0.177. The van der Waals surface area contributed by atoms with Crippen LogP contribution in [0.2, 0.25) is 0 Å². The second-order valence-electron chi connectivity index (χ2n) is 15.2. The standard InChI is InChI=1S/C52H35N3S/c1-52(2)43-20-12-11-19-41(43)45-39-17-9-10-18-40(39)48-46(47(45)52)42-31-38(29-30-44(42)56-48)51-54-49(36-25-21-34(22-26-36)32-13-5-3-6-14-32)53-50(55-51)37-27-23-35(24-28-37)33-15-7-4-8-16-33/h3-31H,1-2H3. The Kier molecular flexibility index (Phi) is 7.38. The van der Waals surface area contributed by atoms with Crippen molar-refractivity contribution in [3.05, 3.63) is 187 Å². The summed E-state index contributed by atoms with van der Waals surface area (Å²) in [6, 6.07) is 62.6. The summed E-state index contributed by atoms with van der Waals surface area (Å²) in [5.74, 6) is 1.96. The second-order valence-corrected chi connectivity index (χ2v) is 16.2. The SMILES string of the molecule is CC1(C)c2ccccc2-c2c1c1c3cc(-c4nc(-c5ccc(-c6ccccc6)cc5)nc(-c5ccc(-c6ccccc6)cc5)n4)ccc3sc1c1ccccc21. The number of thiophene rings is 1. The van der Waals surface area contributed by atoms with Crippen molar-refractivity contribution in [2.45, 2.75) is 19.3 Å². The molecule has 11 rings (SSSR count). The van der Waals surface area contributed by atoms with Crippen molar-refractivity contribution in [3.63, 3.8) is 0 Å². The van der Waals surface area contributed by atoms with E-state index in [9.17, 15) is 0 Å². The van der Waals surface area contributed by atoms with Crippen molar-refractivity contribution in [2.75, 3.05) is 0 Å². The van der Waals surface area contributed by atoms with Crippen LogP contribution in [0.15, 0.2) is 176 Å². The number of rotatable bonds is 5. The fourth-order valence-electron chi connectivity index (χ4n) is 8.77. The zero-order valence-corrected chi connectivity index (χ0v) is 31.8. The lowest BCUT2D eigenvalue weighted by Gasteiger charge is -2.23. The van der Waals surface area contributed by atoms with Crippen molar-refractivity contribution in [2.24, 2.45) is 0 Å². The van der Waals surface area contributed by atoms with Crippen LogP contribution in [-0.4, -0.2) is 15.0 Å². The molecule has 10 aromatic rings. The molecule has 0 aliphatic heterocycles. The first-order valence-electron chi connectivity index (χ1n) is 19.1. The van der Waals surface area contributed by atoms with Gasteiger partial charge in [-0.1, -0.05) is 172 Å². The van der Waals surface area contributed by atoms with Gasteiger partial charge in [0.25, 0.3) is 0 Å². The first-order valence-corrected chi connectivity index (χ1v) is 19.9. The smallest absolute Gasteiger partial charge is 0.164 e. The topological polar surface area (TPSA) is 38.7 Å². The summed E-state index contributed by atoms with van der Waals surface area (Å²) in [4.78, 5) is 15.5. The Balaban J connectivity index is 1.11. The van der Waals surface area contributed by atoms with Crippen LogP contribution in [0.25, 0.3) is 98.5 Å². The molecule has 1 aliphatic rings. The van der Waals surface area contributed by atoms with Crippen molar-refractivity contribution >= 4 is 42.3 Å². The van der Waals surface area contributed by atoms with Gasteiger partial charge in [0, 0.05) is 47.7 Å². The van der Waals surface area contributed by atoms with Crippen LogP contribution in [0.4, 0.5) is 0 Å². The molecule has 2 aromatic heterocycles. The molecule has 2 heterocycles. The molecule has 4 heteroatoms. The highest BCUT2D eigenvalue weighted by Gasteiger charge is 2.39. The Morgan fingerprint density at radius 3 is 1.48 bits per heavy atom. The zero-order valence-electron chi connectivity index (χ0n) is 31.0. The number of aromatic nitrogens is 3. The van der Waals surface area contributed by atoms with Crippen LogP contribution in [0.5, 0.6) is 0 Å². The maximum Gasteiger partial charge on any atom is 0.164 e. The Hall–Kier alpha value is -6.75. The van der Waals surface area contributed by atoms with Gasteiger partial charge in [-0.3, -0.25) is 0 Å². The van der Waals surface area contributed by atoms with Crippen molar-refractivity contribution < 1.29 is 0 Å². The summed E-state index contributed by atoms with van der Waals surface area (Å²) in [6.07, 6.45) is 0. The van der Waals surface area contributed by atoms with Crippen LogP contribution in [0.3, 0.4) is 0 Å². The number of hydrogen-bond donors (Lipinski definition) is 0. The van der Waals surface area contributed by atoms with E-state index in [1.165, 1.54) is 64.3 Å². The van der Waals surface area contributed by atoms with E-state index in [4.69, 9.17) is 15.0 Å². The Labute approximate surface area is 329 Å². The summed E-state index contributed by atoms with van der Waals surface area (Å²) in [7, 11) is 0. The van der Waals surface area contributed by atoms with Crippen LogP contribution in [0, 0.1) is 0 Å². The lowest BCUT2D eigenvalue weighted by molar-refractivity contribution is 0.667. The Morgan fingerprint density at radius 1 is 0.411 bits per heavy atom. The fourth-order valence-corrected chi connectivity index (χ4v) is 10.00. The molecular weight excluding hydrogens is 699 g/mol. The largest absolute Gasteiger partial charge is 0.208 e. The van der Waals surface area contributed by atoms with Gasteiger partial charge in [-0.15, -0.1) is 11.3 Å². The second kappa shape index (κ2) is 12.7. The number of nitrogens with zero attached hydrogens (tertiary/aromatic N) is 3. The van der Waals surface area contributed by atoms with E-state index in [1.54, 1.807) is 0 Å². The number of fused-ring (bicyclic) bond motifs is 10. The van der Waals surface area contributed by atoms with Crippen molar-refractivity contribution in [3.8, 4) is 67.5 Å². The molecule has 0 N–H and O–H groups in total. The minimum Gasteiger partial charge on any atom is -0.208 e. The molecule has 0 amide bonds. The highest BCUT2D eigenvalue weighted by atomic mass is 32.1. The Bertz CT molecular complexity index is 3030. The van der Waals surface area contributed by atoms with E-state index in [1.807, 2.05) is 23.5 Å². The van der Waals surface area contributed by atoms with Gasteiger partial charge in [0.2, 0.25) is 0 Å². The molecule has 264 valence electrons. The van der Waals surface area contributed by atoms with Crippen LogP contribution in [-0.2, 0) is 5.41 Å². The predicted molar refractivity (Wildman–Crippen MR) is 235 cm³/mol. The highest BCUT2D eigenvalue weighted by Crippen LogP contribution is 2.57. The molecule has 56 heavy (non-hydrogen) atoms. The summed E-state index contributed by atoms with van der Waals surface area (Å²) in [5.41, 5.74) is 12.8. The van der Waals surface area contributed by atoms with Gasteiger partial charge in [-0.25, -0.2) is 15.0 Å². The van der Waals surface area contributed by atoms with Gasteiger partial charge in [-0.2, -0.15) is 0 Å². The zero-order chi connectivity index (χ0) is 37.4. The summed E-state index contributed by atoms with van der Waals surface area (Å²) >= 11 is 1.89. The molecule has 0 saturated carbocycles. The molecule has 0 radical (unpaired) electrons. The number of hydrogen-bond acceptors (Lipinski definition) is 4. The van der Waals surface area contributed by atoms with E-state index in [2.05, 4.69) is 178 Å². The predicted octanol–water partition coefficient (Wildman–Crippen LogP) is 14.0. The van der Waals surface area contributed by atoms with Gasteiger partial charge in [0.15, 0.2) is 17.5 Å². The summed E-state index contributed by atoms with van der Waals surface area (Å²) in [5, 5.41) is 5.21. The van der Waals surface area contributed by atoms with Crippen LogP contribution >= 0.6 is 11.3 Å². The molecule has 0 atom stereocenters. The molecule has 1 aliphatic carbocycles. The third-order valence-electron chi connectivity index (χ3n) is 11.5. The monoisotopic (exact) mass is 733 g/mol. The van der Waals surface area contributed by atoms with Crippen molar-refractivity contribution in [1.29, 1.82) is 0 Å². The van der Waals surface area contributed by atoms with E-state index < -0.39 is 0 Å². The van der Waals surface area contributed by atoms with E-state index >= 15 is 0 Å². The molecule has 3 nitrogen and oxygen atoms in total. The van der Waals surface area contributed by atoms with Crippen molar-refractivity contribution in [1.82, 2.24) is 15.0 Å². The van der Waals surface area contributed by atoms with E-state index in [0.717, 1.165) is 27.8 Å². The molecule has 0 saturated heterocycles. The first kappa shape index (κ1) is 32.7. The maximum atomic E-state index is 5.20. The van der Waals surface area contributed by atoms with E-state index in [-0.39, 0.29) is 5.41 Å². The fraction of sp³-hybridized carbons (Fsp3) is 0.0577. The average molecular weight is 734 g/mol. The third-order valence-corrected chi connectivity index (χ3v) is 12.7. The van der Waals surface area contributed by atoms with Gasteiger partial charge < -0.3 is 0 Å². The highest BCUT2D eigenvalue weighted by molar-refractivity contribution is 7.26. The molecule has 0 unspecified atom stereocenters. The minimum absolute atomic E-state index is 0.163. The molecule has 0 fully saturated rings. The van der Waals surface area contributed by atoms with Crippen LogP contribution in [0.1, 0.15) is 25.0 Å². The first-order chi connectivity index (χ1) is 27.5. The van der Waals surface area contributed by atoms with Gasteiger partial charge in [0.1, 0.15) is 0 Å². The maximum absolute atomic E-state index is 5.20. The van der Waals surface area contributed by atoms with Crippen LogP contribution < -0.4 is 0 Å².